The maximum atomic E-state index is 10.1. The van der Waals surface area contributed by atoms with E-state index < -0.39 is 0 Å². The first-order valence-electron chi connectivity index (χ1n) is 9.70. The van der Waals surface area contributed by atoms with Gasteiger partial charge in [-0.15, -0.1) is 0 Å². The molecule has 5 heteroatoms. The third-order valence-corrected chi connectivity index (χ3v) is 5.31. The molecule has 2 aliphatic heterocycles. The highest BCUT2D eigenvalue weighted by molar-refractivity contribution is 5.28. The van der Waals surface area contributed by atoms with Gasteiger partial charge in [0.15, 0.2) is 0 Å². The van der Waals surface area contributed by atoms with Gasteiger partial charge in [-0.3, -0.25) is 9.80 Å². The lowest BCUT2D eigenvalue weighted by Crippen LogP contribution is -2.42. The van der Waals surface area contributed by atoms with Crippen molar-refractivity contribution in [1.82, 2.24) is 9.80 Å². The minimum Gasteiger partial charge on any atom is -0.492 e. The molecule has 1 N–H and O–H groups in total. The summed E-state index contributed by atoms with van der Waals surface area (Å²) in [6, 6.07) is 8.43. The lowest BCUT2D eigenvalue weighted by atomic mass is 10.1. The number of likely N-dealkylation sites (N-methyl/N-ethyl adjacent to an activating group) is 1. The average Bonchev–Trinajstić information content (AvgIpc) is 3.07. The first-order chi connectivity index (χ1) is 12.3. The highest BCUT2D eigenvalue weighted by Gasteiger charge is 2.30. The Bertz CT molecular complexity index is 519. The van der Waals surface area contributed by atoms with E-state index in [1.165, 1.54) is 37.9 Å². The molecule has 0 spiro atoms. The Morgan fingerprint density at radius 1 is 1.24 bits per heavy atom. The van der Waals surface area contributed by atoms with Crippen molar-refractivity contribution in [3.05, 3.63) is 29.8 Å². The molecule has 2 fully saturated rings. The lowest BCUT2D eigenvalue weighted by Gasteiger charge is -2.28. The Morgan fingerprint density at radius 3 is 2.80 bits per heavy atom. The molecule has 2 saturated heterocycles. The normalized spacial score (nSPS) is 24.8. The molecular formula is C20H32N2O3. The van der Waals surface area contributed by atoms with Crippen LogP contribution >= 0.6 is 0 Å². The van der Waals surface area contributed by atoms with Crippen LogP contribution in [0.5, 0.6) is 5.75 Å². The Labute approximate surface area is 151 Å². The van der Waals surface area contributed by atoms with E-state index in [1.807, 2.05) is 6.07 Å². The van der Waals surface area contributed by atoms with Crippen LogP contribution in [0.2, 0.25) is 0 Å². The van der Waals surface area contributed by atoms with E-state index >= 15 is 0 Å². The van der Waals surface area contributed by atoms with Crippen molar-refractivity contribution in [1.29, 1.82) is 0 Å². The number of ether oxygens (including phenoxy) is 2. The molecule has 0 aliphatic carbocycles. The van der Waals surface area contributed by atoms with E-state index in [2.05, 4.69) is 34.9 Å². The molecule has 0 bridgehead atoms. The zero-order valence-corrected chi connectivity index (χ0v) is 15.4. The topological polar surface area (TPSA) is 45.2 Å². The van der Waals surface area contributed by atoms with Crippen LogP contribution in [0, 0.1) is 0 Å². The zero-order chi connectivity index (χ0) is 17.5. The predicted molar refractivity (Wildman–Crippen MR) is 98.9 cm³/mol. The molecule has 0 unspecified atom stereocenters. The van der Waals surface area contributed by atoms with Crippen LogP contribution in [0.1, 0.15) is 31.7 Å². The largest absolute Gasteiger partial charge is 0.492 e. The van der Waals surface area contributed by atoms with Crippen LogP contribution in [0.3, 0.4) is 0 Å². The molecular weight excluding hydrogens is 316 g/mol. The van der Waals surface area contributed by atoms with Crippen LogP contribution in [0.25, 0.3) is 0 Å². The van der Waals surface area contributed by atoms with Crippen LogP contribution in [-0.2, 0) is 11.3 Å². The molecule has 0 amide bonds. The van der Waals surface area contributed by atoms with Gasteiger partial charge in [0.1, 0.15) is 12.4 Å². The Morgan fingerprint density at radius 2 is 2.08 bits per heavy atom. The Balaban J connectivity index is 1.50. The number of piperidine rings is 1. The van der Waals surface area contributed by atoms with Gasteiger partial charge >= 0.3 is 0 Å². The summed E-state index contributed by atoms with van der Waals surface area (Å²) in [6.45, 7) is 9.07. The van der Waals surface area contributed by atoms with Crippen molar-refractivity contribution < 1.29 is 14.6 Å². The van der Waals surface area contributed by atoms with Gasteiger partial charge in [-0.25, -0.2) is 0 Å². The van der Waals surface area contributed by atoms with E-state index in [4.69, 9.17) is 9.47 Å². The molecule has 0 radical (unpaired) electrons. The van der Waals surface area contributed by atoms with E-state index in [1.54, 1.807) is 0 Å². The summed E-state index contributed by atoms with van der Waals surface area (Å²) >= 11 is 0. The van der Waals surface area contributed by atoms with Crippen LogP contribution in [0.15, 0.2) is 24.3 Å². The van der Waals surface area contributed by atoms with E-state index in [9.17, 15) is 5.11 Å². The van der Waals surface area contributed by atoms with Gasteiger partial charge in [0.05, 0.1) is 25.4 Å². The number of rotatable bonds is 8. The van der Waals surface area contributed by atoms with Crippen LogP contribution in [0.4, 0.5) is 0 Å². The van der Waals surface area contributed by atoms with Gasteiger partial charge in [-0.1, -0.05) is 25.5 Å². The number of benzene rings is 1. The van der Waals surface area contributed by atoms with Crippen molar-refractivity contribution in [2.75, 3.05) is 46.0 Å². The first kappa shape index (κ1) is 18.6. The fraction of sp³-hybridized carbons (Fsp3) is 0.700. The summed E-state index contributed by atoms with van der Waals surface area (Å²) in [5.74, 6) is 0.939. The molecule has 1 aromatic carbocycles. The number of hydrogen-bond donors (Lipinski definition) is 1. The van der Waals surface area contributed by atoms with E-state index in [0.717, 1.165) is 32.0 Å². The minimum absolute atomic E-state index is 0.0914. The molecule has 2 aliphatic rings. The second kappa shape index (κ2) is 9.53. The van der Waals surface area contributed by atoms with Gasteiger partial charge in [-0.2, -0.15) is 0 Å². The second-order valence-corrected chi connectivity index (χ2v) is 7.13. The zero-order valence-electron chi connectivity index (χ0n) is 15.4. The average molecular weight is 348 g/mol. The van der Waals surface area contributed by atoms with E-state index in [-0.39, 0.29) is 12.1 Å². The predicted octanol–water partition coefficient (Wildman–Crippen LogP) is 2.13. The fourth-order valence-corrected chi connectivity index (χ4v) is 3.79. The number of aliphatic hydroxyl groups is 1. The molecule has 140 valence electrons. The maximum Gasteiger partial charge on any atom is 0.119 e. The van der Waals surface area contributed by atoms with Gasteiger partial charge in [0, 0.05) is 13.1 Å². The molecule has 2 heterocycles. The number of nitrogens with zero attached hydrogens (tertiary/aromatic N) is 2. The summed E-state index contributed by atoms with van der Waals surface area (Å²) in [6.07, 6.45) is 3.62. The second-order valence-electron chi connectivity index (χ2n) is 7.13. The van der Waals surface area contributed by atoms with Crippen molar-refractivity contribution in [3.8, 4) is 5.75 Å². The maximum absolute atomic E-state index is 10.1. The smallest absolute Gasteiger partial charge is 0.119 e. The van der Waals surface area contributed by atoms with Crippen molar-refractivity contribution in [2.24, 2.45) is 0 Å². The summed E-state index contributed by atoms with van der Waals surface area (Å²) < 4.78 is 11.4. The fourth-order valence-electron chi connectivity index (χ4n) is 3.79. The van der Waals surface area contributed by atoms with Gasteiger partial charge < -0.3 is 14.6 Å². The van der Waals surface area contributed by atoms with Crippen molar-refractivity contribution >= 4 is 0 Å². The minimum atomic E-state index is -0.385. The molecule has 0 saturated carbocycles. The Hall–Kier alpha value is -1.14. The molecule has 25 heavy (non-hydrogen) atoms. The lowest BCUT2D eigenvalue weighted by molar-refractivity contribution is 0.0808. The standard InChI is InChI=1S/C20H32N2O3/c1-2-22(19-15-24-16-20(19)23)14-17-7-6-8-18(13-17)25-12-11-21-9-4-3-5-10-21/h6-8,13,19-20,23H,2-5,9-12,14-16H2,1H3/t19-,20-/m0/s1. The van der Waals surface area contributed by atoms with E-state index in [0.29, 0.717) is 13.2 Å². The number of likely N-dealkylation sites (tertiary alicyclic amines) is 1. The van der Waals surface area contributed by atoms with Crippen molar-refractivity contribution in [3.63, 3.8) is 0 Å². The van der Waals surface area contributed by atoms with Gasteiger partial charge in [0.25, 0.3) is 0 Å². The quantitative estimate of drug-likeness (QED) is 0.780. The molecule has 1 aromatic rings. The van der Waals surface area contributed by atoms with Gasteiger partial charge in [0.2, 0.25) is 0 Å². The third-order valence-electron chi connectivity index (χ3n) is 5.31. The monoisotopic (exact) mass is 348 g/mol. The first-order valence-corrected chi connectivity index (χ1v) is 9.70. The van der Waals surface area contributed by atoms with Crippen molar-refractivity contribution in [2.45, 2.75) is 44.9 Å². The number of aliphatic hydroxyl groups excluding tert-OH is 1. The SMILES string of the molecule is CCN(Cc1cccc(OCCN2CCCCC2)c1)[C@H]1COC[C@@H]1O. The summed E-state index contributed by atoms with van der Waals surface area (Å²) in [5, 5.41) is 10.1. The molecule has 5 nitrogen and oxygen atoms in total. The van der Waals surface area contributed by atoms with Crippen LogP contribution in [-0.4, -0.2) is 73.1 Å². The molecule has 2 atom stereocenters. The molecule has 3 rings (SSSR count). The van der Waals surface area contributed by atoms with Crippen LogP contribution < -0.4 is 4.74 Å². The highest BCUT2D eigenvalue weighted by Crippen LogP contribution is 2.19. The number of hydrogen-bond acceptors (Lipinski definition) is 5. The Kier molecular flexibility index (Phi) is 7.11. The summed E-state index contributed by atoms with van der Waals surface area (Å²) in [5.41, 5.74) is 1.22. The van der Waals surface area contributed by atoms with Gasteiger partial charge in [-0.05, 0) is 50.2 Å². The third kappa shape index (κ3) is 5.42. The molecule has 0 aromatic heterocycles. The summed E-state index contributed by atoms with van der Waals surface area (Å²) in [7, 11) is 0. The summed E-state index contributed by atoms with van der Waals surface area (Å²) in [4.78, 5) is 4.78. The highest BCUT2D eigenvalue weighted by atomic mass is 16.5.